The van der Waals surface area contributed by atoms with Crippen LogP contribution in [-0.4, -0.2) is 52.7 Å². The molecule has 0 aromatic rings. The molecule has 0 radical (unpaired) electrons. The lowest BCUT2D eigenvalue weighted by Gasteiger charge is -2.46. The summed E-state index contributed by atoms with van der Waals surface area (Å²) in [6, 6.07) is 0. The van der Waals surface area contributed by atoms with Crippen molar-refractivity contribution in [3.63, 3.8) is 0 Å². The van der Waals surface area contributed by atoms with Crippen LogP contribution in [-0.2, 0) is 33.3 Å². The lowest BCUT2D eigenvalue weighted by atomic mass is 9.90. The van der Waals surface area contributed by atoms with Crippen molar-refractivity contribution >= 4 is 49.8 Å². The zero-order valence-electron chi connectivity index (χ0n) is 20.5. The molecule has 11 heteroatoms. The van der Waals surface area contributed by atoms with Crippen molar-refractivity contribution in [3.05, 3.63) is 0 Å². The minimum absolute atomic E-state index is 0.398. The van der Waals surface area contributed by atoms with Gasteiger partial charge in [-0.15, -0.1) is 0 Å². The summed E-state index contributed by atoms with van der Waals surface area (Å²) in [6.07, 6.45) is -4.23. The molecule has 0 N–H and O–H groups in total. The Morgan fingerprint density at radius 1 is 0.788 bits per heavy atom. The molecule has 1 fully saturated rings. The maximum atomic E-state index is 14.6. The fourth-order valence-electron chi connectivity index (χ4n) is 2.62. The molecule has 1 aliphatic heterocycles. The average Bonchev–Trinajstić information content (AvgIpc) is 2.57. The van der Waals surface area contributed by atoms with E-state index in [4.69, 9.17) is 18.9 Å². The van der Waals surface area contributed by atoms with Crippen molar-refractivity contribution in [1.82, 2.24) is 0 Å². The normalized spacial score (nSPS) is 27.0. The van der Waals surface area contributed by atoms with E-state index in [0.717, 1.165) is 0 Å². The maximum absolute atomic E-state index is 14.6. The van der Waals surface area contributed by atoms with E-state index < -0.39 is 74.8 Å². The van der Waals surface area contributed by atoms with Crippen LogP contribution in [0.3, 0.4) is 0 Å². The second-order valence-corrected chi connectivity index (χ2v) is 13.1. The molecule has 0 bridgehead atoms. The SMILES string of the molecule is CC(C)(C)C(=O)OC[C@H]1O[C@H](Br)[C@H](C(F)(F)Br)[C@@H](OC(=O)C(C)(C)C)[C@H]1OC(=O)C(C)(C)C. The standard InChI is InChI=1S/C22H34Br2F2O7/c1-19(2,3)16(27)30-10-11-13(32-17(28)20(4,5)6)14(33-18(29)21(7,8)9)12(15(23)31-11)22(24,25)26/h11-15H,10H2,1-9H3/t11-,12-,13+,14-,15+/m1/s1. The summed E-state index contributed by atoms with van der Waals surface area (Å²) in [5.74, 6) is -3.80. The number of hydrogen-bond acceptors (Lipinski definition) is 7. The van der Waals surface area contributed by atoms with Crippen LogP contribution in [0.15, 0.2) is 0 Å². The third kappa shape index (κ3) is 8.42. The molecule has 0 spiro atoms. The number of hydrogen-bond donors (Lipinski definition) is 0. The van der Waals surface area contributed by atoms with Crippen LogP contribution in [0.1, 0.15) is 62.3 Å². The van der Waals surface area contributed by atoms with E-state index in [1.54, 1.807) is 62.3 Å². The van der Waals surface area contributed by atoms with Crippen LogP contribution in [0.5, 0.6) is 0 Å². The molecule has 5 atom stereocenters. The number of esters is 3. The second-order valence-electron chi connectivity index (χ2n) is 11.2. The molecule has 33 heavy (non-hydrogen) atoms. The smallest absolute Gasteiger partial charge is 0.311 e. The first-order valence-electron chi connectivity index (χ1n) is 10.5. The molecule has 1 aliphatic rings. The van der Waals surface area contributed by atoms with Crippen LogP contribution in [0.2, 0.25) is 0 Å². The van der Waals surface area contributed by atoms with Gasteiger partial charge in [-0.05, 0) is 78.2 Å². The summed E-state index contributed by atoms with van der Waals surface area (Å²) in [4.78, 5) is 34.1. The van der Waals surface area contributed by atoms with Crippen LogP contribution in [0, 0.1) is 22.2 Å². The van der Waals surface area contributed by atoms with Gasteiger partial charge in [0, 0.05) is 0 Å². The topological polar surface area (TPSA) is 88.1 Å². The van der Waals surface area contributed by atoms with Gasteiger partial charge in [0.25, 0.3) is 0 Å². The van der Waals surface area contributed by atoms with Gasteiger partial charge >= 0.3 is 22.7 Å². The van der Waals surface area contributed by atoms with Gasteiger partial charge in [-0.2, -0.15) is 8.78 Å². The van der Waals surface area contributed by atoms with E-state index in [1.165, 1.54) is 0 Å². The fraction of sp³-hybridized carbons (Fsp3) is 0.864. The van der Waals surface area contributed by atoms with Gasteiger partial charge in [-0.1, -0.05) is 15.9 Å². The molecular formula is C22H34Br2F2O7. The molecule has 1 rings (SSSR count). The van der Waals surface area contributed by atoms with Crippen molar-refractivity contribution < 1.29 is 42.1 Å². The summed E-state index contributed by atoms with van der Waals surface area (Å²) in [5, 5.41) is -1.31. The first-order chi connectivity index (χ1) is 14.6. The van der Waals surface area contributed by atoms with Crippen molar-refractivity contribution in [2.24, 2.45) is 22.2 Å². The molecule has 1 heterocycles. The molecule has 7 nitrogen and oxygen atoms in total. The van der Waals surface area contributed by atoms with Gasteiger partial charge in [0.2, 0.25) is 0 Å². The summed E-state index contributed by atoms with van der Waals surface area (Å²) in [7, 11) is 0. The largest absolute Gasteiger partial charge is 0.462 e. The summed E-state index contributed by atoms with van der Waals surface area (Å²) >= 11 is 5.43. The van der Waals surface area contributed by atoms with E-state index in [-0.39, 0.29) is 0 Å². The zero-order valence-corrected chi connectivity index (χ0v) is 23.6. The Morgan fingerprint density at radius 2 is 1.18 bits per heavy atom. The first kappa shape index (κ1) is 30.2. The molecule has 0 saturated carbocycles. The highest BCUT2D eigenvalue weighted by Gasteiger charge is 2.59. The van der Waals surface area contributed by atoms with E-state index >= 15 is 0 Å². The number of halogens is 4. The molecule has 0 unspecified atom stereocenters. The third-order valence-corrected chi connectivity index (χ3v) is 6.03. The Kier molecular flexibility index (Phi) is 9.56. The number of alkyl halides is 4. The molecule has 192 valence electrons. The third-order valence-electron chi connectivity index (χ3n) is 4.71. The van der Waals surface area contributed by atoms with Gasteiger partial charge in [-0.3, -0.25) is 14.4 Å². The highest BCUT2D eigenvalue weighted by molar-refractivity contribution is 9.10. The van der Waals surface area contributed by atoms with Crippen LogP contribution in [0.25, 0.3) is 0 Å². The predicted octanol–water partition coefficient (Wildman–Crippen LogP) is 5.22. The number of carbonyl (C=O) groups is 3. The predicted molar refractivity (Wildman–Crippen MR) is 124 cm³/mol. The molecule has 0 amide bonds. The summed E-state index contributed by atoms with van der Waals surface area (Å²) in [5.41, 5.74) is -2.83. The lowest BCUT2D eigenvalue weighted by Crippen LogP contribution is -2.61. The molecule has 0 aromatic carbocycles. The zero-order chi connectivity index (χ0) is 26.2. The minimum Gasteiger partial charge on any atom is -0.462 e. The maximum Gasteiger partial charge on any atom is 0.311 e. The van der Waals surface area contributed by atoms with Gasteiger partial charge in [0.1, 0.15) is 23.6 Å². The minimum atomic E-state index is -3.55. The van der Waals surface area contributed by atoms with E-state index in [1.807, 2.05) is 0 Å². The van der Waals surface area contributed by atoms with Crippen LogP contribution in [0.4, 0.5) is 8.78 Å². The number of carbonyl (C=O) groups excluding carboxylic acids is 3. The van der Waals surface area contributed by atoms with Crippen LogP contribution >= 0.6 is 31.9 Å². The highest BCUT2D eigenvalue weighted by atomic mass is 79.9. The van der Waals surface area contributed by atoms with E-state index in [2.05, 4.69) is 31.9 Å². The van der Waals surface area contributed by atoms with Crippen LogP contribution < -0.4 is 0 Å². The highest BCUT2D eigenvalue weighted by Crippen LogP contribution is 2.46. The summed E-state index contributed by atoms with van der Waals surface area (Å²) in [6.45, 7) is 14.0. The fourth-order valence-corrected chi connectivity index (χ4v) is 4.39. The Morgan fingerprint density at radius 3 is 1.55 bits per heavy atom. The average molecular weight is 608 g/mol. The Hall–Kier alpha value is -0.810. The quantitative estimate of drug-likeness (QED) is 0.241. The van der Waals surface area contributed by atoms with Gasteiger partial charge in [-0.25, -0.2) is 0 Å². The summed E-state index contributed by atoms with van der Waals surface area (Å²) < 4.78 is 51.3. The van der Waals surface area contributed by atoms with Gasteiger partial charge in [0.05, 0.1) is 16.2 Å². The van der Waals surface area contributed by atoms with Crippen molar-refractivity contribution in [3.8, 4) is 0 Å². The van der Waals surface area contributed by atoms with Gasteiger partial charge < -0.3 is 18.9 Å². The number of ether oxygens (including phenoxy) is 4. The van der Waals surface area contributed by atoms with Gasteiger partial charge in [0.15, 0.2) is 12.2 Å². The Bertz CT molecular complexity index is 733. The monoisotopic (exact) mass is 606 g/mol. The van der Waals surface area contributed by atoms with E-state index in [9.17, 15) is 23.2 Å². The van der Waals surface area contributed by atoms with Crippen molar-refractivity contribution in [1.29, 1.82) is 0 Å². The van der Waals surface area contributed by atoms with Crippen molar-refractivity contribution in [2.75, 3.05) is 6.61 Å². The Labute approximate surface area is 210 Å². The second kappa shape index (κ2) is 10.4. The lowest BCUT2D eigenvalue weighted by molar-refractivity contribution is -0.242. The van der Waals surface area contributed by atoms with E-state index in [0.29, 0.717) is 0 Å². The first-order valence-corrected chi connectivity index (χ1v) is 12.2. The molecule has 0 aromatic heterocycles. The van der Waals surface area contributed by atoms with Crippen molar-refractivity contribution in [2.45, 2.75) is 90.5 Å². The Balaban J connectivity index is 3.44. The molecular weight excluding hydrogens is 574 g/mol. The number of rotatable bonds is 5. The molecule has 1 saturated heterocycles. The molecule has 0 aliphatic carbocycles.